The maximum atomic E-state index is 9.14. The van der Waals surface area contributed by atoms with Crippen molar-refractivity contribution in [3.8, 4) is 40.4 Å². The normalized spacial score (nSPS) is 10.5. The maximum absolute atomic E-state index is 9.14. The molecular formula is C17H11N7O. The van der Waals surface area contributed by atoms with Gasteiger partial charge in [0, 0.05) is 17.3 Å². The minimum Gasteiger partial charge on any atom is -0.414 e. The molecule has 0 aliphatic heterocycles. The van der Waals surface area contributed by atoms with E-state index in [9.17, 15) is 0 Å². The molecule has 0 amide bonds. The third-order valence-electron chi connectivity index (χ3n) is 3.58. The average molecular weight is 329 g/mol. The van der Waals surface area contributed by atoms with E-state index in [1.54, 1.807) is 12.3 Å². The Labute approximate surface area is 142 Å². The molecule has 3 N–H and O–H groups in total. The maximum Gasteiger partial charge on any atom is 0.270 e. The van der Waals surface area contributed by atoms with Gasteiger partial charge in [-0.05, 0) is 18.2 Å². The zero-order chi connectivity index (χ0) is 17.2. The molecular weight excluding hydrogens is 318 g/mol. The Balaban J connectivity index is 1.78. The van der Waals surface area contributed by atoms with Gasteiger partial charge in [-0.3, -0.25) is 0 Å². The Bertz CT molecular complexity index is 1080. The highest BCUT2D eigenvalue weighted by molar-refractivity contribution is 5.71. The first kappa shape index (κ1) is 14.6. The Morgan fingerprint density at radius 3 is 2.68 bits per heavy atom. The fourth-order valence-electron chi connectivity index (χ4n) is 2.38. The second kappa shape index (κ2) is 5.90. The third-order valence-corrected chi connectivity index (χ3v) is 3.58. The molecule has 1 aromatic carbocycles. The standard InChI is InChI=1S/C17H11N7O/c18-8-12-11(6-7-20-12)13-9-21-15(19)14(22-13)17-24-23-16(25-17)10-4-2-1-3-5-10/h1-7,9,20H,(H2,19,21). The molecule has 0 saturated carbocycles. The van der Waals surface area contributed by atoms with Crippen molar-refractivity contribution in [2.45, 2.75) is 0 Å². The first-order valence-corrected chi connectivity index (χ1v) is 7.36. The molecule has 8 heteroatoms. The molecule has 0 unspecified atom stereocenters. The number of hydrogen-bond donors (Lipinski definition) is 2. The van der Waals surface area contributed by atoms with Crippen LogP contribution in [0.25, 0.3) is 34.3 Å². The summed E-state index contributed by atoms with van der Waals surface area (Å²) in [7, 11) is 0. The SMILES string of the molecule is N#Cc1[nH]ccc1-c1cnc(N)c(-c2nnc(-c3ccccc3)o2)n1. The fraction of sp³-hybridized carbons (Fsp3) is 0. The zero-order valence-corrected chi connectivity index (χ0v) is 12.8. The van der Waals surface area contributed by atoms with Crippen molar-refractivity contribution in [1.29, 1.82) is 5.26 Å². The summed E-state index contributed by atoms with van der Waals surface area (Å²) in [6, 6.07) is 13.2. The van der Waals surface area contributed by atoms with Crippen LogP contribution in [0.2, 0.25) is 0 Å². The summed E-state index contributed by atoms with van der Waals surface area (Å²) in [4.78, 5) is 11.4. The van der Waals surface area contributed by atoms with E-state index in [4.69, 9.17) is 15.4 Å². The summed E-state index contributed by atoms with van der Waals surface area (Å²) < 4.78 is 5.69. The number of aromatic amines is 1. The molecule has 25 heavy (non-hydrogen) atoms. The number of benzene rings is 1. The van der Waals surface area contributed by atoms with E-state index in [-0.39, 0.29) is 17.4 Å². The lowest BCUT2D eigenvalue weighted by Crippen LogP contribution is -1.99. The summed E-state index contributed by atoms with van der Waals surface area (Å²) in [6.07, 6.45) is 3.16. The van der Waals surface area contributed by atoms with Crippen molar-refractivity contribution in [3.05, 3.63) is 54.5 Å². The highest BCUT2D eigenvalue weighted by Gasteiger charge is 2.17. The summed E-state index contributed by atoms with van der Waals surface area (Å²) in [5, 5.41) is 17.2. The molecule has 0 aliphatic rings. The minimum absolute atomic E-state index is 0.166. The monoisotopic (exact) mass is 329 g/mol. The summed E-state index contributed by atoms with van der Waals surface area (Å²) in [6.45, 7) is 0. The molecule has 0 fully saturated rings. The van der Waals surface area contributed by atoms with Gasteiger partial charge in [-0.25, -0.2) is 9.97 Å². The molecule has 0 spiro atoms. The van der Waals surface area contributed by atoms with Crippen LogP contribution in [0.3, 0.4) is 0 Å². The van der Waals surface area contributed by atoms with Crippen LogP contribution < -0.4 is 5.73 Å². The van der Waals surface area contributed by atoms with Crippen LogP contribution in [-0.2, 0) is 0 Å². The van der Waals surface area contributed by atoms with Gasteiger partial charge in [0.15, 0.2) is 11.5 Å². The molecule has 0 bridgehead atoms. The molecule has 0 aliphatic carbocycles. The molecule has 120 valence electrons. The van der Waals surface area contributed by atoms with Crippen molar-refractivity contribution in [3.63, 3.8) is 0 Å². The van der Waals surface area contributed by atoms with E-state index < -0.39 is 0 Å². The van der Waals surface area contributed by atoms with Crippen molar-refractivity contribution < 1.29 is 4.42 Å². The molecule has 0 radical (unpaired) electrons. The van der Waals surface area contributed by atoms with Crippen LogP contribution in [0, 0.1) is 11.3 Å². The lowest BCUT2D eigenvalue weighted by Gasteiger charge is -2.03. The number of H-pyrrole nitrogens is 1. The van der Waals surface area contributed by atoms with E-state index in [0.717, 1.165) is 5.56 Å². The van der Waals surface area contributed by atoms with Gasteiger partial charge in [-0.15, -0.1) is 10.2 Å². The van der Waals surface area contributed by atoms with Crippen LogP contribution in [0.15, 0.2) is 53.2 Å². The molecule has 0 saturated heterocycles. The Morgan fingerprint density at radius 2 is 1.88 bits per heavy atom. The van der Waals surface area contributed by atoms with E-state index in [2.05, 4.69) is 31.2 Å². The third kappa shape index (κ3) is 2.60. The Morgan fingerprint density at radius 1 is 1.08 bits per heavy atom. The number of nitrogens with one attached hydrogen (secondary N) is 1. The summed E-state index contributed by atoms with van der Waals surface area (Å²) in [5.41, 5.74) is 8.49. The fourth-order valence-corrected chi connectivity index (χ4v) is 2.38. The Kier molecular flexibility index (Phi) is 3.44. The van der Waals surface area contributed by atoms with Gasteiger partial charge in [0.25, 0.3) is 5.89 Å². The number of nitrogens with two attached hydrogens (primary N) is 1. The van der Waals surface area contributed by atoms with Crippen molar-refractivity contribution in [2.75, 3.05) is 5.73 Å². The first-order chi connectivity index (χ1) is 12.3. The van der Waals surface area contributed by atoms with Crippen LogP contribution in [-0.4, -0.2) is 25.1 Å². The number of nitrogens with zero attached hydrogens (tertiary/aromatic N) is 5. The van der Waals surface area contributed by atoms with Crippen molar-refractivity contribution in [1.82, 2.24) is 25.1 Å². The van der Waals surface area contributed by atoms with Crippen LogP contribution in [0.4, 0.5) is 5.82 Å². The van der Waals surface area contributed by atoms with Gasteiger partial charge >= 0.3 is 0 Å². The lowest BCUT2D eigenvalue weighted by molar-refractivity contribution is 0.582. The number of nitrogen functional groups attached to an aromatic ring is 1. The highest BCUT2D eigenvalue weighted by Crippen LogP contribution is 2.28. The molecule has 3 aromatic heterocycles. The van der Waals surface area contributed by atoms with Gasteiger partial charge in [0.2, 0.25) is 5.89 Å². The van der Waals surface area contributed by atoms with Crippen LogP contribution >= 0.6 is 0 Å². The summed E-state index contributed by atoms with van der Waals surface area (Å²) in [5.74, 6) is 0.697. The smallest absolute Gasteiger partial charge is 0.270 e. The molecule has 4 aromatic rings. The van der Waals surface area contributed by atoms with Gasteiger partial charge in [-0.2, -0.15) is 5.26 Å². The number of aromatic nitrogens is 5. The number of nitriles is 1. The van der Waals surface area contributed by atoms with E-state index in [1.165, 1.54) is 6.20 Å². The molecule has 0 atom stereocenters. The zero-order valence-electron chi connectivity index (χ0n) is 12.8. The van der Waals surface area contributed by atoms with Gasteiger partial charge in [0.1, 0.15) is 11.8 Å². The highest BCUT2D eigenvalue weighted by atomic mass is 16.4. The summed E-state index contributed by atoms with van der Waals surface area (Å²) >= 11 is 0. The van der Waals surface area contributed by atoms with Gasteiger partial charge in [-0.1, -0.05) is 18.2 Å². The quantitative estimate of drug-likeness (QED) is 0.590. The Hall–Kier alpha value is -3.99. The van der Waals surface area contributed by atoms with Crippen molar-refractivity contribution in [2.24, 2.45) is 0 Å². The first-order valence-electron chi connectivity index (χ1n) is 7.36. The van der Waals surface area contributed by atoms with Gasteiger partial charge in [0.05, 0.1) is 11.9 Å². The predicted octanol–water partition coefficient (Wildman–Crippen LogP) is 2.64. The second-order valence-corrected chi connectivity index (χ2v) is 5.15. The average Bonchev–Trinajstić information content (AvgIpc) is 3.32. The van der Waals surface area contributed by atoms with Gasteiger partial charge < -0.3 is 15.1 Å². The van der Waals surface area contributed by atoms with E-state index in [0.29, 0.717) is 22.8 Å². The topological polar surface area (TPSA) is 130 Å². The molecule has 3 heterocycles. The lowest BCUT2D eigenvalue weighted by atomic mass is 10.2. The van der Waals surface area contributed by atoms with Crippen LogP contribution in [0.5, 0.6) is 0 Å². The predicted molar refractivity (Wildman–Crippen MR) is 89.7 cm³/mol. The number of hydrogen-bond acceptors (Lipinski definition) is 7. The second-order valence-electron chi connectivity index (χ2n) is 5.15. The molecule has 8 nitrogen and oxygen atoms in total. The number of rotatable bonds is 3. The molecule has 4 rings (SSSR count). The van der Waals surface area contributed by atoms with Crippen LogP contribution in [0.1, 0.15) is 5.69 Å². The number of anilines is 1. The minimum atomic E-state index is 0.166. The van der Waals surface area contributed by atoms with E-state index >= 15 is 0 Å². The van der Waals surface area contributed by atoms with Crippen molar-refractivity contribution >= 4 is 5.82 Å². The largest absolute Gasteiger partial charge is 0.414 e. The van der Waals surface area contributed by atoms with E-state index in [1.807, 2.05) is 30.3 Å².